The van der Waals surface area contributed by atoms with E-state index < -0.39 is 0 Å². The third-order valence-electron chi connectivity index (χ3n) is 5.31. The van der Waals surface area contributed by atoms with Crippen LogP contribution in [0.25, 0.3) is 0 Å². The molecule has 20 heavy (non-hydrogen) atoms. The molecule has 1 aliphatic carbocycles. The van der Waals surface area contributed by atoms with Gasteiger partial charge in [-0.1, -0.05) is 72.8 Å². The van der Waals surface area contributed by atoms with Gasteiger partial charge >= 0.3 is 0 Å². The van der Waals surface area contributed by atoms with Crippen LogP contribution in [-0.4, -0.2) is 5.78 Å². The van der Waals surface area contributed by atoms with Crippen molar-refractivity contribution in [3.8, 4) is 0 Å². The average Bonchev–Trinajstić information content (AvgIpc) is 2.34. The Labute approximate surface area is 125 Å². The largest absolute Gasteiger partial charge is 0.298 e. The van der Waals surface area contributed by atoms with Gasteiger partial charge in [0.25, 0.3) is 0 Å². The van der Waals surface area contributed by atoms with Gasteiger partial charge in [0.1, 0.15) is 5.78 Å². The van der Waals surface area contributed by atoms with Crippen LogP contribution in [0.4, 0.5) is 0 Å². The zero-order valence-corrected chi connectivity index (χ0v) is 14.4. The Bertz CT molecular complexity index is 393. The molecule has 0 aromatic rings. The van der Waals surface area contributed by atoms with E-state index in [1.807, 2.05) is 0 Å². The lowest BCUT2D eigenvalue weighted by Crippen LogP contribution is -2.43. The second kappa shape index (κ2) is 5.87. The van der Waals surface area contributed by atoms with Gasteiger partial charge in [-0.2, -0.15) is 0 Å². The molecular formula is C19H32O. The van der Waals surface area contributed by atoms with Crippen LogP contribution in [0.1, 0.15) is 67.7 Å². The van der Waals surface area contributed by atoms with Gasteiger partial charge < -0.3 is 0 Å². The fourth-order valence-electron chi connectivity index (χ4n) is 3.09. The third kappa shape index (κ3) is 3.42. The Balaban J connectivity index is 3.06. The van der Waals surface area contributed by atoms with Gasteiger partial charge in [-0.25, -0.2) is 0 Å². The van der Waals surface area contributed by atoms with E-state index in [4.69, 9.17) is 0 Å². The lowest BCUT2D eigenvalue weighted by molar-refractivity contribution is -0.140. The topological polar surface area (TPSA) is 17.1 Å². The Kier molecular flexibility index (Phi) is 5.05. The van der Waals surface area contributed by atoms with Gasteiger partial charge in [-0.15, -0.1) is 0 Å². The summed E-state index contributed by atoms with van der Waals surface area (Å²) in [6.45, 7) is 15.2. The van der Waals surface area contributed by atoms with Crippen LogP contribution < -0.4 is 0 Å². The van der Waals surface area contributed by atoms with Crippen molar-refractivity contribution in [1.82, 2.24) is 0 Å². The van der Waals surface area contributed by atoms with Crippen molar-refractivity contribution in [2.45, 2.75) is 67.7 Å². The monoisotopic (exact) mass is 276 g/mol. The first-order chi connectivity index (χ1) is 9.07. The predicted molar refractivity (Wildman–Crippen MR) is 87.6 cm³/mol. The Hall–Kier alpha value is -0.850. The van der Waals surface area contributed by atoms with Crippen molar-refractivity contribution in [2.24, 2.45) is 22.2 Å². The fourth-order valence-corrected chi connectivity index (χ4v) is 3.09. The van der Waals surface area contributed by atoms with Gasteiger partial charge in [0.05, 0.1) is 0 Å². The summed E-state index contributed by atoms with van der Waals surface area (Å²) >= 11 is 0. The van der Waals surface area contributed by atoms with Crippen molar-refractivity contribution in [3.63, 3.8) is 0 Å². The SMILES string of the molecule is CCC(C)(C(=O)C1(C)C/C=C\C(C)(C)/C=C\C1)C(C)C. The van der Waals surface area contributed by atoms with E-state index in [-0.39, 0.29) is 16.2 Å². The summed E-state index contributed by atoms with van der Waals surface area (Å²) in [7, 11) is 0. The third-order valence-corrected chi connectivity index (χ3v) is 5.31. The normalized spacial score (nSPS) is 27.2. The second-order valence-electron chi connectivity index (χ2n) is 7.85. The molecule has 0 aliphatic heterocycles. The molecule has 0 amide bonds. The smallest absolute Gasteiger partial charge is 0.145 e. The van der Waals surface area contributed by atoms with E-state index in [1.54, 1.807) is 0 Å². The molecule has 0 aromatic carbocycles. The van der Waals surface area contributed by atoms with Gasteiger partial charge in [0.2, 0.25) is 0 Å². The molecule has 0 radical (unpaired) electrons. The molecule has 0 aromatic heterocycles. The molecule has 0 N–H and O–H groups in total. The number of rotatable bonds is 4. The van der Waals surface area contributed by atoms with Crippen LogP contribution in [0.15, 0.2) is 24.3 Å². The van der Waals surface area contributed by atoms with E-state index >= 15 is 0 Å². The zero-order valence-electron chi connectivity index (χ0n) is 14.4. The minimum atomic E-state index is -0.265. The summed E-state index contributed by atoms with van der Waals surface area (Å²) in [4.78, 5) is 13.2. The van der Waals surface area contributed by atoms with Crippen molar-refractivity contribution < 1.29 is 4.79 Å². The number of Topliss-reactive ketones (excluding diaryl/α,β-unsaturated/α-hetero) is 1. The Morgan fingerprint density at radius 1 is 1.15 bits per heavy atom. The molecule has 1 heteroatoms. The first-order valence-electron chi connectivity index (χ1n) is 7.98. The summed E-state index contributed by atoms with van der Waals surface area (Å²) in [5, 5.41) is 0. The van der Waals surface area contributed by atoms with Crippen LogP contribution in [0.5, 0.6) is 0 Å². The van der Waals surface area contributed by atoms with Gasteiger partial charge in [0, 0.05) is 16.2 Å². The maximum absolute atomic E-state index is 13.2. The highest BCUT2D eigenvalue weighted by atomic mass is 16.1. The predicted octanol–water partition coefficient (Wildman–Crippen LogP) is 5.57. The molecule has 1 unspecified atom stereocenters. The van der Waals surface area contributed by atoms with E-state index in [0.29, 0.717) is 11.7 Å². The molecule has 0 heterocycles. The summed E-state index contributed by atoms with van der Waals surface area (Å²) in [5.74, 6) is 0.808. The molecule has 1 aliphatic rings. The molecule has 114 valence electrons. The fraction of sp³-hybridized carbons (Fsp3) is 0.737. The minimum absolute atomic E-state index is 0.108. The number of carbonyl (C=O) groups excluding carboxylic acids is 1. The van der Waals surface area contributed by atoms with Crippen LogP contribution in [0.2, 0.25) is 0 Å². The van der Waals surface area contributed by atoms with Crippen molar-refractivity contribution in [2.75, 3.05) is 0 Å². The number of carbonyl (C=O) groups is 1. The maximum atomic E-state index is 13.2. The van der Waals surface area contributed by atoms with Crippen molar-refractivity contribution in [3.05, 3.63) is 24.3 Å². The van der Waals surface area contributed by atoms with Crippen LogP contribution >= 0.6 is 0 Å². The van der Waals surface area contributed by atoms with E-state index in [1.165, 1.54) is 0 Å². The summed E-state index contributed by atoms with van der Waals surface area (Å²) in [5.41, 5.74) is -0.375. The zero-order chi connectivity index (χ0) is 15.6. The summed E-state index contributed by atoms with van der Waals surface area (Å²) in [6.07, 6.45) is 11.5. The molecule has 1 rings (SSSR count). The lowest BCUT2D eigenvalue weighted by atomic mass is 9.62. The van der Waals surface area contributed by atoms with Gasteiger partial charge in [-0.05, 0) is 25.2 Å². The molecular weight excluding hydrogens is 244 g/mol. The highest BCUT2D eigenvalue weighted by Gasteiger charge is 2.44. The van der Waals surface area contributed by atoms with E-state index in [0.717, 1.165) is 19.3 Å². The first kappa shape index (κ1) is 17.2. The molecule has 0 spiro atoms. The van der Waals surface area contributed by atoms with E-state index in [2.05, 4.69) is 72.8 Å². The number of allylic oxidation sites excluding steroid dienone is 4. The molecule has 0 saturated heterocycles. The number of hydrogen-bond acceptors (Lipinski definition) is 1. The highest BCUT2D eigenvalue weighted by Crippen LogP contribution is 2.43. The van der Waals surface area contributed by atoms with Crippen LogP contribution in [-0.2, 0) is 4.79 Å². The molecule has 1 nitrogen and oxygen atoms in total. The van der Waals surface area contributed by atoms with Crippen molar-refractivity contribution >= 4 is 5.78 Å². The number of ketones is 1. The average molecular weight is 276 g/mol. The summed E-state index contributed by atoms with van der Waals surface area (Å²) in [6, 6.07) is 0. The van der Waals surface area contributed by atoms with Gasteiger partial charge in [-0.3, -0.25) is 4.79 Å². The highest BCUT2D eigenvalue weighted by molar-refractivity contribution is 5.90. The molecule has 0 fully saturated rings. The molecule has 0 bridgehead atoms. The Morgan fingerprint density at radius 3 is 1.95 bits per heavy atom. The first-order valence-corrected chi connectivity index (χ1v) is 7.98. The number of hydrogen-bond donors (Lipinski definition) is 0. The lowest BCUT2D eigenvalue weighted by Gasteiger charge is -2.40. The quantitative estimate of drug-likeness (QED) is 0.614. The van der Waals surface area contributed by atoms with Gasteiger partial charge in [0.15, 0.2) is 0 Å². The minimum Gasteiger partial charge on any atom is -0.298 e. The van der Waals surface area contributed by atoms with Crippen molar-refractivity contribution in [1.29, 1.82) is 0 Å². The second-order valence-corrected chi connectivity index (χ2v) is 7.85. The van der Waals surface area contributed by atoms with Crippen LogP contribution in [0.3, 0.4) is 0 Å². The molecule has 1 atom stereocenters. The summed E-state index contributed by atoms with van der Waals surface area (Å²) < 4.78 is 0. The standard InChI is InChI=1S/C19H32O/c1-8-19(7,15(2)3)16(20)18(6)13-9-11-17(4,5)12-10-14-18/h9-12,15H,8,13-14H2,1-7H3/b11-9-,12-10-. The van der Waals surface area contributed by atoms with E-state index in [9.17, 15) is 4.79 Å². The van der Waals surface area contributed by atoms with Crippen LogP contribution in [0, 0.1) is 22.2 Å². The maximum Gasteiger partial charge on any atom is 0.145 e. The molecule has 0 saturated carbocycles. The Morgan fingerprint density at radius 2 is 1.60 bits per heavy atom.